The van der Waals surface area contributed by atoms with E-state index in [1.165, 1.54) is 4.88 Å². The Bertz CT molecular complexity index is 815. The van der Waals surface area contributed by atoms with Crippen molar-refractivity contribution in [1.29, 1.82) is 0 Å². The van der Waals surface area contributed by atoms with Crippen molar-refractivity contribution < 1.29 is 9.63 Å². The number of aliphatic hydroxyl groups is 1. The first-order valence-electron chi connectivity index (χ1n) is 8.04. The summed E-state index contributed by atoms with van der Waals surface area (Å²) in [5.41, 5.74) is 2.11. The summed E-state index contributed by atoms with van der Waals surface area (Å²) in [7, 11) is 0. The maximum absolute atomic E-state index is 10.1. The summed E-state index contributed by atoms with van der Waals surface area (Å²) in [6, 6.07) is 12.2. The fourth-order valence-electron chi connectivity index (χ4n) is 3.19. The van der Waals surface area contributed by atoms with Crippen molar-refractivity contribution in [2.75, 3.05) is 6.54 Å². The van der Waals surface area contributed by atoms with Crippen LogP contribution in [-0.4, -0.2) is 32.8 Å². The van der Waals surface area contributed by atoms with Crippen molar-refractivity contribution in [2.45, 2.75) is 32.0 Å². The molecule has 1 aliphatic rings. The van der Waals surface area contributed by atoms with E-state index >= 15 is 0 Å². The van der Waals surface area contributed by atoms with Crippen molar-refractivity contribution in [3.8, 4) is 11.4 Å². The number of benzene rings is 1. The number of aryl methyl sites for hydroxylation is 1. The molecule has 1 saturated heterocycles. The molecule has 2 atom stereocenters. The van der Waals surface area contributed by atoms with Gasteiger partial charge in [-0.3, -0.25) is 4.90 Å². The zero-order valence-corrected chi connectivity index (χ0v) is 14.2. The molecule has 0 spiro atoms. The molecule has 0 saturated carbocycles. The highest BCUT2D eigenvalue weighted by Gasteiger charge is 2.36. The topological polar surface area (TPSA) is 62.4 Å². The molecule has 4 rings (SSSR count). The van der Waals surface area contributed by atoms with Crippen LogP contribution in [-0.2, 0) is 6.54 Å². The first-order valence-corrected chi connectivity index (χ1v) is 8.92. The van der Waals surface area contributed by atoms with Gasteiger partial charge in [0.05, 0.1) is 12.1 Å². The number of aromatic nitrogens is 2. The second-order valence-corrected chi connectivity index (χ2v) is 7.27. The second-order valence-electron chi connectivity index (χ2n) is 6.24. The van der Waals surface area contributed by atoms with Crippen LogP contribution in [0.2, 0.25) is 0 Å². The van der Waals surface area contributed by atoms with E-state index in [4.69, 9.17) is 4.52 Å². The third-order valence-corrected chi connectivity index (χ3v) is 5.18. The molecule has 2 aromatic heterocycles. The van der Waals surface area contributed by atoms with Gasteiger partial charge in [0, 0.05) is 23.5 Å². The minimum atomic E-state index is -0.357. The minimum absolute atomic E-state index is 0.0341. The van der Waals surface area contributed by atoms with E-state index in [9.17, 15) is 5.11 Å². The van der Waals surface area contributed by atoms with Gasteiger partial charge in [0.2, 0.25) is 11.7 Å². The van der Waals surface area contributed by atoms with Crippen LogP contribution in [0.3, 0.4) is 0 Å². The van der Waals surface area contributed by atoms with Crippen LogP contribution >= 0.6 is 11.3 Å². The van der Waals surface area contributed by atoms with Gasteiger partial charge < -0.3 is 9.63 Å². The van der Waals surface area contributed by atoms with Gasteiger partial charge in [-0.2, -0.15) is 4.98 Å². The molecule has 1 fully saturated rings. The maximum atomic E-state index is 10.1. The summed E-state index contributed by atoms with van der Waals surface area (Å²) >= 11 is 1.72. The van der Waals surface area contributed by atoms with Crippen LogP contribution in [0.4, 0.5) is 0 Å². The lowest BCUT2D eigenvalue weighted by atomic mass is 10.1. The average molecular weight is 341 g/mol. The average Bonchev–Trinajstić information content (AvgIpc) is 3.29. The van der Waals surface area contributed by atoms with Crippen molar-refractivity contribution in [3.05, 3.63) is 58.1 Å². The highest BCUT2D eigenvalue weighted by molar-refractivity contribution is 7.09. The molecule has 6 heteroatoms. The van der Waals surface area contributed by atoms with Crippen LogP contribution < -0.4 is 0 Å². The highest BCUT2D eigenvalue weighted by Crippen LogP contribution is 2.34. The Morgan fingerprint density at radius 1 is 1.33 bits per heavy atom. The van der Waals surface area contributed by atoms with Crippen molar-refractivity contribution in [2.24, 2.45) is 0 Å². The largest absolute Gasteiger partial charge is 0.392 e. The zero-order valence-electron chi connectivity index (χ0n) is 13.4. The van der Waals surface area contributed by atoms with Crippen LogP contribution in [0.15, 0.2) is 46.3 Å². The number of rotatable bonds is 4. The molecule has 5 nitrogen and oxygen atoms in total. The fourth-order valence-corrected chi connectivity index (χ4v) is 3.92. The molecule has 0 bridgehead atoms. The normalized spacial score (nSPS) is 21.4. The number of thiophene rings is 1. The predicted octanol–water partition coefficient (Wildman–Crippen LogP) is 3.41. The van der Waals surface area contributed by atoms with Gasteiger partial charge in [0.1, 0.15) is 0 Å². The van der Waals surface area contributed by atoms with E-state index in [1.807, 2.05) is 37.3 Å². The smallest absolute Gasteiger partial charge is 0.244 e. The highest BCUT2D eigenvalue weighted by atomic mass is 32.1. The Labute approximate surface area is 144 Å². The fraction of sp³-hybridized carbons (Fsp3) is 0.333. The van der Waals surface area contributed by atoms with E-state index in [0.717, 1.165) is 17.7 Å². The molecular formula is C18H19N3O2S. The minimum Gasteiger partial charge on any atom is -0.392 e. The van der Waals surface area contributed by atoms with Crippen molar-refractivity contribution >= 4 is 11.3 Å². The molecule has 1 aliphatic heterocycles. The summed E-state index contributed by atoms with van der Waals surface area (Å²) in [4.78, 5) is 8.07. The van der Waals surface area contributed by atoms with Gasteiger partial charge in [-0.05, 0) is 30.9 Å². The van der Waals surface area contributed by atoms with Gasteiger partial charge in [-0.15, -0.1) is 11.3 Å². The van der Waals surface area contributed by atoms with Gasteiger partial charge in [0.15, 0.2) is 0 Å². The van der Waals surface area contributed by atoms with Crippen LogP contribution in [0.5, 0.6) is 0 Å². The molecule has 24 heavy (non-hydrogen) atoms. The summed E-state index contributed by atoms with van der Waals surface area (Å²) in [5.74, 6) is 1.19. The second kappa shape index (κ2) is 6.47. The van der Waals surface area contributed by atoms with E-state index in [0.29, 0.717) is 24.7 Å². The third kappa shape index (κ3) is 3.13. The van der Waals surface area contributed by atoms with Crippen molar-refractivity contribution in [1.82, 2.24) is 15.0 Å². The molecule has 1 N–H and O–H groups in total. The number of β-amino-alcohol motifs (C(OH)–C–C–N with tert-alkyl or cyclic N) is 1. The monoisotopic (exact) mass is 341 g/mol. The summed E-state index contributed by atoms with van der Waals surface area (Å²) in [6.07, 6.45) is 0.269. The number of hydrogen-bond acceptors (Lipinski definition) is 6. The van der Waals surface area contributed by atoms with E-state index < -0.39 is 0 Å². The Morgan fingerprint density at radius 2 is 2.25 bits per heavy atom. The standard InChI is InChI=1S/C18H19N3O2S/c1-12-4-2-5-13(8-12)17-19-18(23-20-17)16-9-14(22)10-21(16)11-15-6-3-7-24-15/h2-8,14,16,22H,9-11H2,1H3/t14-,16+/m1/s1. The number of aliphatic hydroxyl groups excluding tert-OH is 1. The number of nitrogens with zero attached hydrogens (tertiary/aromatic N) is 3. The lowest BCUT2D eigenvalue weighted by Crippen LogP contribution is -2.24. The number of likely N-dealkylation sites (tertiary alicyclic amines) is 1. The van der Waals surface area contributed by atoms with E-state index in [2.05, 4.69) is 26.5 Å². The summed E-state index contributed by atoms with van der Waals surface area (Å²) in [6.45, 7) is 3.47. The maximum Gasteiger partial charge on any atom is 0.244 e. The Hall–Kier alpha value is -2.02. The third-order valence-electron chi connectivity index (χ3n) is 4.32. The quantitative estimate of drug-likeness (QED) is 0.788. The Morgan fingerprint density at radius 3 is 3.04 bits per heavy atom. The molecule has 3 heterocycles. The van der Waals surface area contributed by atoms with Gasteiger partial charge >= 0.3 is 0 Å². The molecular weight excluding hydrogens is 322 g/mol. The predicted molar refractivity (Wildman–Crippen MR) is 92.6 cm³/mol. The van der Waals surface area contributed by atoms with E-state index in [-0.39, 0.29) is 12.1 Å². The summed E-state index contributed by atoms with van der Waals surface area (Å²) < 4.78 is 5.53. The van der Waals surface area contributed by atoms with Gasteiger partial charge in [0.25, 0.3) is 0 Å². The Balaban J connectivity index is 1.58. The Kier molecular flexibility index (Phi) is 4.18. The van der Waals surface area contributed by atoms with Crippen LogP contribution in [0, 0.1) is 6.92 Å². The van der Waals surface area contributed by atoms with Crippen LogP contribution in [0.25, 0.3) is 11.4 Å². The zero-order chi connectivity index (χ0) is 16.5. The SMILES string of the molecule is Cc1cccc(-c2noc([C@@H]3C[C@@H](O)CN3Cc3cccs3)n2)c1. The lowest BCUT2D eigenvalue weighted by Gasteiger charge is -2.20. The molecule has 3 aromatic rings. The first-order chi connectivity index (χ1) is 11.7. The molecule has 1 aromatic carbocycles. The first kappa shape index (κ1) is 15.5. The van der Waals surface area contributed by atoms with Crippen molar-refractivity contribution in [3.63, 3.8) is 0 Å². The molecule has 0 aliphatic carbocycles. The molecule has 0 unspecified atom stereocenters. The lowest BCUT2D eigenvalue weighted by molar-refractivity contribution is 0.170. The molecule has 124 valence electrons. The van der Waals surface area contributed by atoms with Crippen LogP contribution in [0.1, 0.15) is 28.8 Å². The summed E-state index contributed by atoms with van der Waals surface area (Å²) in [5, 5.41) is 16.3. The van der Waals surface area contributed by atoms with E-state index in [1.54, 1.807) is 11.3 Å². The van der Waals surface area contributed by atoms with Gasteiger partial charge in [-0.25, -0.2) is 0 Å². The van der Waals surface area contributed by atoms with Gasteiger partial charge in [-0.1, -0.05) is 35.0 Å². The number of hydrogen-bond donors (Lipinski definition) is 1. The molecule has 0 radical (unpaired) electrons. The molecule has 0 amide bonds.